The van der Waals surface area contributed by atoms with Gasteiger partial charge in [0.1, 0.15) is 0 Å². The summed E-state index contributed by atoms with van der Waals surface area (Å²) in [6.45, 7) is 8.30. The van der Waals surface area contributed by atoms with Gasteiger partial charge in [-0.2, -0.15) is 0 Å². The molecule has 0 aliphatic rings. The Morgan fingerprint density at radius 3 is 2.84 bits per heavy atom. The van der Waals surface area contributed by atoms with Gasteiger partial charge in [-0.1, -0.05) is 37.3 Å². The van der Waals surface area contributed by atoms with Gasteiger partial charge in [-0.05, 0) is 44.5 Å². The molecule has 2 aromatic rings. The van der Waals surface area contributed by atoms with Crippen LogP contribution in [0.5, 0.6) is 0 Å². The summed E-state index contributed by atoms with van der Waals surface area (Å²) >= 11 is 0. The quantitative estimate of drug-likeness (QED) is 0.589. The van der Waals surface area contributed by atoms with Gasteiger partial charge in [0.05, 0.1) is 0 Å². The highest BCUT2D eigenvalue weighted by Crippen LogP contribution is 2.23. The van der Waals surface area contributed by atoms with Crippen molar-refractivity contribution in [3.8, 4) is 0 Å². The molecular formula is C17H24N2. The van der Waals surface area contributed by atoms with Crippen LogP contribution in [0.3, 0.4) is 0 Å². The predicted octanol–water partition coefficient (Wildman–Crippen LogP) is 3.76. The van der Waals surface area contributed by atoms with Crippen molar-refractivity contribution < 1.29 is 0 Å². The van der Waals surface area contributed by atoms with Gasteiger partial charge in [-0.15, -0.1) is 0 Å². The second-order valence-corrected chi connectivity index (χ2v) is 5.11. The summed E-state index contributed by atoms with van der Waals surface area (Å²) in [6, 6.07) is 8.68. The smallest absolute Gasteiger partial charge is 0.0486 e. The van der Waals surface area contributed by atoms with Crippen LogP contribution in [0.4, 0.5) is 0 Å². The van der Waals surface area contributed by atoms with Crippen LogP contribution in [0.25, 0.3) is 10.9 Å². The highest BCUT2D eigenvalue weighted by atomic mass is 15.0. The number of aromatic nitrogens is 1. The van der Waals surface area contributed by atoms with E-state index in [2.05, 4.69) is 53.8 Å². The number of nitrogens with zero attached hydrogens (tertiary/aromatic N) is 1. The molecule has 0 saturated carbocycles. The number of para-hydroxylation sites is 1. The molecule has 2 nitrogen and oxygen atoms in total. The highest BCUT2D eigenvalue weighted by Gasteiger charge is 2.08. The third kappa shape index (κ3) is 3.27. The summed E-state index contributed by atoms with van der Waals surface area (Å²) in [5, 5.41) is 4.60. The zero-order valence-corrected chi connectivity index (χ0v) is 12.1. The number of hydrogen-bond acceptors (Lipinski definition) is 1. The summed E-state index contributed by atoms with van der Waals surface area (Å²) in [5.74, 6) is 0. The zero-order valence-electron chi connectivity index (χ0n) is 12.1. The third-order valence-corrected chi connectivity index (χ3v) is 3.64. The molecule has 0 fully saturated rings. The maximum absolute atomic E-state index is 4.13. The first-order valence-corrected chi connectivity index (χ1v) is 7.14. The molecule has 0 spiro atoms. The Morgan fingerprint density at radius 2 is 2.11 bits per heavy atom. The van der Waals surface area contributed by atoms with Crippen LogP contribution in [-0.2, 0) is 13.0 Å². The molecule has 1 aromatic carbocycles. The summed E-state index contributed by atoms with van der Waals surface area (Å²) in [6.07, 6.45) is 5.66. The minimum atomic E-state index is 0.934. The number of fused-ring (bicyclic) bond motifs is 1. The van der Waals surface area contributed by atoms with Gasteiger partial charge in [0.25, 0.3) is 0 Å². The third-order valence-electron chi connectivity index (χ3n) is 3.64. The standard InChI is InChI=1S/C17H24N2/c1-4-14(2)12-19-13-15(8-7-11-18-3)16-9-5-6-10-17(16)19/h5-6,9-10,13,18H,2,4,7-8,11-12H2,1,3H3. The largest absolute Gasteiger partial charge is 0.343 e. The van der Waals surface area contributed by atoms with E-state index in [0.717, 1.165) is 25.9 Å². The van der Waals surface area contributed by atoms with E-state index in [0.29, 0.717) is 0 Å². The monoisotopic (exact) mass is 256 g/mol. The first-order chi connectivity index (χ1) is 9.26. The molecule has 19 heavy (non-hydrogen) atoms. The molecule has 2 rings (SSSR count). The van der Waals surface area contributed by atoms with E-state index < -0.39 is 0 Å². The van der Waals surface area contributed by atoms with Crippen LogP contribution in [0.15, 0.2) is 42.6 Å². The number of allylic oxidation sites excluding steroid dienone is 1. The van der Waals surface area contributed by atoms with E-state index in [1.54, 1.807) is 0 Å². The molecule has 2 heteroatoms. The summed E-state index contributed by atoms with van der Waals surface area (Å²) < 4.78 is 2.34. The topological polar surface area (TPSA) is 17.0 Å². The molecule has 1 heterocycles. The molecule has 0 amide bonds. The number of hydrogen-bond donors (Lipinski definition) is 1. The maximum Gasteiger partial charge on any atom is 0.0486 e. The molecule has 0 aliphatic heterocycles. The maximum atomic E-state index is 4.13. The summed E-state index contributed by atoms with van der Waals surface area (Å²) in [4.78, 5) is 0. The molecule has 0 atom stereocenters. The molecule has 0 unspecified atom stereocenters. The minimum Gasteiger partial charge on any atom is -0.343 e. The van der Waals surface area contributed by atoms with Crippen molar-refractivity contribution in [1.82, 2.24) is 9.88 Å². The van der Waals surface area contributed by atoms with Gasteiger partial charge < -0.3 is 9.88 Å². The Bertz CT molecular complexity index is 551. The lowest BCUT2D eigenvalue weighted by atomic mass is 10.1. The lowest BCUT2D eigenvalue weighted by Gasteiger charge is -2.06. The average molecular weight is 256 g/mol. The van der Waals surface area contributed by atoms with Crippen molar-refractivity contribution in [2.45, 2.75) is 32.7 Å². The van der Waals surface area contributed by atoms with Crippen LogP contribution in [0.2, 0.25) is 0 Å². The Kier molecular flexibility index (Phi) is 4.80. The van der Waals surface area contributed by atoms with Crippen molar-refractivity contribution in [2.24, 2.45) is 0 Å². The van der Waals surface area contributed by atoms with Gasteiger partial charge in [0, 0.05) is 23.6 Å². The van der Waals surface area contributed by atoms with E-state index >= 15 is 0 Å². The first-order valence-electron chi connectivity index (χ1n) is 7.14. The molecule has 0 bridgehead atoms. The van der Waals surface area contributed by atoms with Crippen LogP contribution in [-0.4, -0.2) is 18.2 Å². The van der Waals surface area contributed by atoms with Gasteiger partial charge in [-0.25, -0.2) is 0 Å². The Labute approximate surface area is 116 Å². The van der Waals surface area contributed by atoms with Crippen LogP contribution >= 0.6 is 0 Å². The van der Waals surface area contributed by atoms with Crippen molar-refractivity contribution in [3.63, 3.8) is 0 Å². The van der Waals surface area contributed by atoms with Gasteiger partial charge in [0.15, 0.2) is 0 Å². The number of nitrogens with one attached hydrogen (secondary N) is 1. The second kappa shape index (κ2) is 6.58. The van der Waals surface area contributed by atoms with Crippen LogP contribution in [0.1, 0.15) is 25.3 Å². The number of rotatable bonds is 7. The summed E-state index contributed by atoms with van der Waals surface area (Å²) in [5.41, 5.74) is 4.06. The SMILES string of the molecule is C=C(CC)Cn1cc(CCCNC)c2ccccc21. The molecule has 102 valence electrons. The first kappa shape index (κ1) is 13.9. The van der Waals surface area contributed by atoms with Crippen molar-refractivity contribution in [3.05, 3.63) is 48.2 Å². The zero-order chi connectivity index (χ0) is 13.7. The lowest BCUT2D eigenvalue weighted by Crippen LogP contribution is -2.08. The molecule has 1 N–H and O–H groups in total. The van der Waals surface area contributed by atoms with Crippen molar-refractivity contribution >= 4 is 10.9 Å². The Hall–Kier alpha value is -1.54. The van der Waals surface area contributed by atoms with E-state index in [-0.39, 0.29) is 0 Å². The van der Waals surface area contributed by atoms with E-state index in [9.17, 15) is 0 Å². The molecule has 0 saturated heterocycles. The fourth-order valence-electron chi connectivity index (χ4n) is 2.46. The molecule has 1 aromatic heterocycles. The Morgan fingerprint density at radius 1 is 1.32 bits per heavy atom. The molecule has 0 aliphatic carbocycles. The van der Waals surface area contributed by atoms with E-state index in [1.807, 2.05) is 7.05 Å². The molecule has 0 radical (unpaired) electrons. The van der Waals surface area contributed by atoms with Crippen molar-refractivity contribution in [1.29, 1.82) is 0 Å². The van der Waals surface area contributed by atoms with Crippen LogP contribution in [0, 0.1) is 0 Å². The van der Waals surface area contributed by atoms with E-state index in [4.69, 9.17) is 0 Å². The van der Waals surface area contributed by atoms with Crippen LogP contribution < -0.4 is 5.32 Å². The summed E-state index contributed by atoms with van der Waals surface area (Å²) in [7, 11) is 2.01. The Balaban J connectivity index is 2.28. The average Bonchev–Trinajstić information content (AvgIpc) is 2.78. The minimum absolute atomic E-state index is 0.934. The second-order valence-electron chi connectivity index (χ2n) is 5.11. The van der Waals surface area contributed by atoms with E-state index in [1.165, 1.54) is 28.5 Å². The van der Waals surface area contributed by atoms with Gasteiger partial charge >= 0.3 is 0 Å². The fraction of sp³-hybridized carbons (Fsp3) is 0.412. The highest BCUT2D eigenvalue weighted by molar-refractivity contribution is 5.84. The predicted molar refractivity (Wildman–Crippen MR) is 83.6 cm³/mol. The van der Waals surface area contributed by atoms with Gasteiger partial charge in [-0.3, -0.25) is 0 Å². The lowest BCUT2D eigenvalue weighted by molar-refractivity contribution is 0.721. The van der Waals surface area contributed by atoms with Crippen molar-refractivity contribution in [2.75, 3.05) is 13.6 Å². The fourth-order valence-corrected chi connectivity index (χ4v) is 2.46. The molecular weight excluding hydrogens is 232 g/mol. The van der Waals surface area contributed by atoms with Gasteiger partial charge in [0.2, 0.25) is 0 Å². The normalized spacial score (nSPS) is 11.1. The number of aryl methyl sites for hydroxylation is 1. The number of benzene rings is 1.